The van der Waals surface area contributed by atoms with Crippen molar-refractivity contribution < 1.29 is 13.2 Å². The van der Waals surface area contributed by atoms with Crippen LogP contribution in [-0.2, 0) is 14.8 Å². The molecule has 0 aliphatic heterocycles. The number of amides is 1. The lowest BCUT2D eigenvalue weighted by atomic mass is 10.1. The molecular weight excluding hydrogens is 350 g/mol. The second kappa shape index (κ2) is 7.32. The van der Waals surface area contributed by atoms with Crippen LogP contribution in [0.5, 0.6) is 0 Å². The molecule has 0 saturated heterocycles. The molecule has 2 N–H and O–H groups in total. The number of nitrogens with zero attached hydrogens (tertiary/aromatic N) is 3. The summed E-state index contributed by atoms with van der Waals surface area (Å²) >= 11 is 1.21. The molecular formula is C14H19N5O3S2. The molecule has 0 aliphatic rings. The number of benzene rings is 1. The summed E-state index contributed by atoms with van der Waals surface area (Å²) in [4.78, 5) is 16.2. The minimum absolute atomic E-state index is 0.137. The maximum absolute atomic E-state index is 12.3. The number of anilines is 1. The largest absolute Gasteiger partial charge is 0.325 e. The number of carbonyl (C=O) groups is 1. The number of aryl methyl sites for hydroxylation is 1. The van der Waals surface area contributed by atoms with Crippen LogP contribution in [0.25, 0.3) is 0 Å². The number of thioether (sulfide) groups is 1. The molecule has 2 aromatic rings. The number of hydrogen-bond acceptors (Lipinski definition) is 6. The number of rotatable bonds is 6. The fraction of sp³-hybridized carbons (Fsp3) is 0.357. The smallest absolute Gasteiger partial charge is 0.242 e. The van der Waals surface area contributed by atoms with Crippen molar-refractivity contribution in [2.24, 2.45) is 0 Å². The van der Waals surface area contributed by atoms with Gasteiger partial charge in [0.1, 0.15) is 6.33 Å². The van der Waals surface area contributed by atoms with Crippen molar-refractivity contribution in [3.63, 3.8) is 0 Å². The van der Waals surface area contributed by atoms with E-state index in [1.54, 1.807) is 6.07 Å². The van der Waals surface area contributed by atoms with Gasteiger partial charge in [-0.15, -0.1) is 0 Å². The van der Waals surface area contributed by atoms with Gasteiger partial charge in [0.2, 0.25) is 15.9 Å². The lowest BCUT2D eigenvalue weighted by molar-refractivity contribution is -0.113. The van der Waals surface area contributed by atoms with E-state index in [1.807, 2.05) is 13.8 Å². The first-order valence-electron chi connectivity index (χ1n) is 7.03. The number of carbonyl (C=O) groups excluding carboxylic acids is 1. The third kappa shape index (κ3) is 4.13. The lowest BCUT2D eigenvalue weighted by Crippen LogP contribution is -2.23. The molecule has 1 aromatic carbocycles. The van der Waals surface area contributed by atoms with Gasteiger partial charge in [-0.05, 0) is 37.1 Å². The summed E-state index contributed by atoms with van der Waals surface area (Å²) in [6.45, 7) is 3.64. The SMILES string of the molecule is Cc1cc(S(=O)(=O)N(C)C)cc(NC(=O)CSc2ncn[nH]2)c1C. The highest BCUT2D eigenvalue weighted by atomic mass is 32.2. The predicted octanol–water partition coefficient (Wildman–Crippen LogP) is 1.40. The van der Waals surface area contributed by atoms with Crippen LogP contribution in [0.4, 0.5) is 5.69 Å². The Kier molecular flexibility index (Phi) is 5.62. The van der Waals surface area contributed by atoms with Gasteiger partial charge in [-0.3, -0.25) is 9.89 Å². The summed E-state index contributed by atoms with van der Waals surface area (Å²) < 4.78 is 25.8. The van der Waals surface area contributed by atoms with E-state index >= 15 is 0 Å². The minimum atomic E-state index is -3.57. The van der Waals surface area contributed by atoms with E-state index in [1.165, 1.54) is 38.3 Å². The summed E-state index contributed by atoms with van der Waals surface area (Å²) in [5, 5.41) is 9.66. The third-order valence-corrected chi connectivity index (χ3v) is 6.10. The second-order valence-corrected chi connectivity index (χ2v) is 8.44. The highest BCUT2D eigenvalue weighted by Crippen LogP contribution is 2.26. The Morgan fingerprint density at radius 3 is 2.62 bits per heavy atom. The summed E-state index contributed by atoms with van der Waals surface area (Å²) in [6, 6.07) is 3.08. The molecule has 1 amide bonds. The van der Waals surface area contributed by atoms with Crippen molar-refractivity contribution in [1.29, 1.82) is 0 Å². The average molecular weight is 369 g/mol. The number of aromatic amines is 1. The van der Waals surface area contributed by atoms with E-state index in [4.69, 9.17) is 0 Å². The number of sulfonamides is 1. The summed E-state index contributed by atoms with van der Waals surface area (Å²) in [5.74, 6) is -0.114. The van der Waals surface area contributed by atoms with Gasteiger partial charge in [0, 0.05) is 19.8 Å². The molecule has 1 aromatic heterocycles. The maximum atomic E-state index is 12.3. The van der Waals surface area contributed by atoms with Gasteiger partial charge in [0.25, 0.3) is 0 Å². The first-order chi connectivity index (χ1) is 11.2. The molecule has 2 rings (SSSR count). The fourth-order valence-corrected chi connectivity index (χ4v) is 3.49. The third-order valence-electron chi connectivity index (χ3n) is 3.43. The van der Waals surface area contributed by atoms with Crippen LogP contribution in [0.1, 0.15) is 11.1 Å². The van der Waals surface area contributed by atoms with E-state index in [0.717, 1.165) is 15.4 Å². The Morgan fingerprint density at radius 2 is 2.04 bits per heavy atom. The molecule has 0 radical (unpaired) electrons. The summed E-state index contributed by atoms with van der Waals surface area (Å²) in [7, 11) is -0.631. The predicted molar refractivity (Wildman–Crippen MR) is 92.5 cm³/mol. The Labute approximate surface area is 145 Å². The van der Waals surface area contributed by atoms with Gasteiger partial charge in [-0.1, -0.05) is 11.8 Å². The molecule has 0 saturated carbocycles. The number of nitrogens with one attached hydrogen (secondary N) is 2. The second-order valence-electron chi connectivity index (χ2n) is 5.33. The van der Waals surface area contributed by atoms with Crippen LogP contribution in [-0.4, -0.2) is 53.7 Å². The van der Waals surface area contributed by atoms with Gasteiger partial charge in [-0.2, -0.15) is 5.10 Å². The van der Waals surface area contributed by atoms with E-state index < -0.39 is 10.0 Å². The molecule has 130 valence electrons. The van der Waals surface area contributed by atoms with Crippen LogP contribution >= 0.6 is 11.8 Å². The summed E-state index contributed by atoms with van der Waals surface area (Å²) in [5.41, 5.74) is 2.10. The fourth-order valence-electron chi connectivity index (χ4n) is 1.90. The first kappa shape index (κ1) is 18.4. The number of hydrogen-bond donors (Lipinski definition) is 2. The van der Waals surface area contributed by atoms with Crippen LogP contribution in [0, 0.1) is 13.8 Å². The Morgan fingerprint density at radius 1 is 1.33 bits per heavy atom. The van der Waals surface area contributed by atoms with Crippen LogP contribution in [0.3, 0.4) is 0 Å². The van der Waals surface area contributed by atoms with Crippen LogP contribution < -0.4 is 5.32 Å². The van der Waals surface area contributed by atoms with Crippen molar-refractivity contribution in [2.45, 2.75) is 23.9 Å². The molecule has 0 unspecified atom stereocenters. The van der Waals surface area contributed by atoms with E-state index in [2.05, 4.69) is 20.5 Å². The van der Waals surface area contributed by atoms with Crippen molar-refractivity contribution >= 4 is 33.4 Å². The van der Waals surface area contributed by atoms with Crippen molar-refractivity contribution in [3.05, 3.63) is 29.6 Å². The maximum Gasteiger partial charge on any atom is 0.242 e. The number of H-pyrrole nitrogens is 1. The van der Waals surface area contributed by atoms with Crippen molar-refractivity contribution in [2.75, 3.05) is 25.2 Å². The van der Waals surface area contributed by atoms with E-state index in [-0.39, 0.29) is 16.6 Å². The first-order valence-corrected chi connectivity index (χ1v) is 9.46. The molecule has 8 nitrogen and oxygen atoms in total. The highest BCUT2D eigenvalue weighted by Gasteiger charge is 2.20. The van der Waals surface area contributed by atoms with E-state index in [0.29, 0.717) is 10.8 Å². The molecule has 0 bridgehead atoms. The monoisotopic (exact) mass is 369 g/mol. The highest BCUT2D eigenvalue weighted by molar-refractivity contribution is 7.99. The Bertz CT molecular complexity index is 832. The zero-order chi connectivity index (χ0) is 17.9. The van der Waals surface area contributed by atoms with E-state index in [9.17, 15) is 13.2 Å². The van der Waals surface area contributed by atoms with Gasteiger partial charge in [0.15, 0.2) is 5.16 Å². The molecule has 0 aliphatic carbocycles. The molecule has 10 heteroatoms. The molecule has 0 spiro atoms. The zero-order valence-corrected chi connectivity index (χ0v) is 15.5. The number of aromatic nitrogens is 3. The lowest BCUT2D eigenvalue weighted by Gasteiger charge is -2.16. The van der Waals surface area contributed by atoms with Gasteiger partial charge >= 0.3 is 0 Å². The van der Waals surface area contributed by atoms with Gasteiger partial charge < -0.3 is 5.32 Å². The zero-order valence-electron chi connectivity index (χ0n) is 13.8. The Hall–Kier alpha value is -1.91. The molecule has 1 heterocycles. The topological polar surface area (TPSA) is 108 Å². The van der Waals surface area contributed by atoms with Gasteiger partial charge in [-0.25, -0.2) is 17.7 Å². The molecule has 24 heavy (non-hydrogen) atoms. The summed E-state index contributed by atoms with van der Waals surface area (Å²) in [6.07, 6.45) is 1.36. The van der Waals surface area contributed by atoms with Crippen LogP contribution in [0.15, 0.2) is 28.5 Å². The quantitative estimate of drug-likeness (QED) is 0.745. The molecule has 0 atom stereocenters. The standard InChI is InChI=1S/C14H19N5O3S2/c1-9-5-11(24(21,22)19(3)4)6-12(10(9)2)17-13(20)7-23-14-15-8-16-18-14/h5-6,8H,7H2,1-4H3,(H,17,20)(H,15,16,18). The van der Waals surface area contributed by atoms with Crippen molar-refractivity contribution in [3.8, 4) is 0 Å². The normalized spacial score (nSPS) is 11.7. The molecule has 0 fully saturated rings. The van der Waals surface area contributed by atoms with Crippen LogP contribution in [0.2, 0.25) is 0 Å². The van der Waals surface area contributed by atoms with Gasteiger partial charge in [0.05, 0.1) is 10.6 Å². The van der Waals surface area contributed by atoms with Crippen molar-refractivity contribution in [1.82, 2.24) is 19.5 Å². The Balaban J connectivity index is 2.20. The average Bonchev–Trinajstić information content (AvgIpc) is 3.02. The minimum Gasteiger partial charge on any atom is -0.325 e.